The van der Waals surface area contributed by atoms with Gasteiger partial charge in [-0.15, -0.1) is 0 Å². The summed E-state index contributed by atoms with van der Waals surface area (Å²) in [5.74, 6) is 1.18. The van der Waals surface area contributed by atoms with Crippen LogP contribution in [0.5, 0.6) is 0 Å². The van der Waals surface area contributed by atoms with Crippen LogP contribution >= 0.6 is 0 Å². The Bertz CT molecular complexity index is 134. The fourth-order valence-electron chi connectivity index (χ4n) is 1.83. The zero-order chi connectivity index (χ0) is 8.27. The number of nitrogens with one attached hydrogen (secondary N) is 1. The Morgan fingerprint density at radius 2 is 2.27 bits per heavy atom. The molecule has 64 valence electrons. The first-order valence-electron chi connectivity index (χ1n) is 4.44. The van der Waals surface area contributed by atoms with Crippen LogP contribution in [0.1, 0.15) is 26.7 Å². The molecule has 0 bridgehead atoms. The van der Waals surface area contributed by atoms with Crippen LogP contribution in [0.2, 0.25) is 0 Å². The van der Waals surface area contributed by atoms with Crippen LogP contribution in [0.25, 0.3) is 0 Å². The number of carbonyl (C=O) groups is 1. The molecule has 0 aromatic rings. The highest BCUT2D eigenvalue weighted by Gasteiger charge is 2.26. The van der Waals surface area contributed by atoms with E-state index in [0.29, 0.717) is 11.8 Å². The summed E-state index contributed by atoms with van der Waals surface area (Å²) in [4.78, 5) is 10.6. The number of piperidine rings is 1. The summed E-state index contributed by atoms with van der Waals surface area (Å²) in [6.45, 7) is 5.38. The molecule has 0 amide bonds. The van der Waals surface area contributed by atoms with Gasteiger partial charge in [-0.1, -0.05) is 13.8 Å². The van der Waals surface area contributed by atoms with E-state index in [2.05, 4.69) is 19.2 Å². The van der Waals surface area contributed by atoms with Gasteiger partial charge in [0.1, 0.15) is 6.29 Å². The molecule has 0 radical (unpaired) electrons. The lowest BCUT2D eigenvalue weighted by Gasteiger charge is -2.31. The van der Waals surface area contributed by atoms with E-state index in [1.807, 2.05) is 0 Å². The van der Waals surface area contributed by atoms with Crippen molar-refractivity contribution in [2.24, 2.45) is 11.8 Å². The van der Waals surface area contributed by atoms with E-state index < -0.39 is 0 Å². The third-order valence-corrected chi connectivity index (χ3v) is 2.56. The quantitative estimate of drug-likeness (QED) is 0.607. The summed E-state index contributed by atoms with van der Waals surface area (Å²) in [7, 11) is 0. The van der Waals surface area contributed by atoms with Gasteiger partial charge < -0.3 is 10.1 Å². The summed E-state index contributed by atoms with van der Waals surface area (Å²) in [5.41, 5.74) is 0. The van der Waals surface area contributed by atoms with Crippen molar-refractivity contribution in [1.82, 2.24) is 5.32 Å². The first-order chi connectivity index (χ1) is 5.25. The summed E-state index contributed by atoms with van der Waals surface area (Å²) in [6.07, 6.45) is 3.48. The summed E-state index contributed by atoms with van der Waals surface area (Å²) >= 11 is 0. The second kappa shape index (κ2) is 3.86. The molecule has 0 aromatic carbocycles. The van der Waals surface area contributed by atoms with Gasteiger partial charge in [0.05, 0.1) is 6.04 Å². The second-order valence-corrected chi connectivity index (χ2v) is 3.67. The van der Waals surface area contributed by atoms with Gasteiger partial charge in [0.25, 0.3) is 0 Å². The molecular weight excluding hydrogens is 138 g/mol. The smallest absolute Gasteiger partial charge is 0.137 e. The largest absolute Gasteiger partial charge is 0.307 e. The van der Waals surface area contributed by atoms with Gasteiger partial charge >= 0.3 is 0 Å². The van der Waals surface area contributed by atoms with E-state index in [9.17, 15) is 4.79 Å². The minimum atomic E-state index is 0.115. The molecule has 2 heteroatoms. The molecule has 1 aliphatic heterocycles. The predicted molar refractivity (Wildman–Crippen MR) is 45.4 cm³/mol. The Hall–Kier alpha value is -0.370. The van der Waals surface area contributed by atoms with Crippen molar-refractivity contribution in [2.45, 2.75) is 32.7 Å². The number of hydrogen-bond donors (Lipinski definition) is 1. The Kier molecular flexibility index (Phi) is 3.06. The zero-order valence-corrected chi connectivity index (χ0v) is 7.34. The van der Waals surface area contributed by atoms with E-state index in [-0.39, 0.29) is 6.04 Å². The van der Waals surface area contributed by atoms with Crippen molar-refractivity contribution in [3.05, 3.63) is 0 Å². The van der Waals surface area contributed by atoms with Crippen LogP contribution in [-0.4, -0.2) is 18.9 Å². The first kappa shape index (κ1) is 8.72. The molecule has 0 aliphatic carbocycles. The minimum absolute atomic E-state index is 0.115. The number of carbonyl (C=O) groups excluding carboxylic acids is 1. The SMILES string of the molecule is CC(C)C1CCCNC1C=O. The molecule has 1 N–H and O–H groups in total. The molecule has 0 aromatic heterocycles. The van der Waals surface area contributed by atoms with E-state index in [1.165, 1.54) is 12.8 Å². The average Bonchev–Trinajstić information content (AvgIpc) is 2.04. The van der Waals surface area contributed by atoms with Crippen LogP contribution in [-0.2, 0) is 4.79 Å². The molecule has 11 heavy (non-hydrogen) atoms. The van der Waals surface area contributed by atoms with Crippen molar-refractivity contribution < 1.29 is 4.79 Å². The first-order valence-corrected chi connectivity index (χ1v) is 4.44. The number of hydrogen-bond acceptors (Lipinski definition) is 2. The minimum Gasteiger partial charge on any atom is -0.307 e. The van der Waals surface area contributed by atoms with Crippen molar-refractivity contribution in [3.8, 4) is 0 Å². The van der Waals surface area contributed by atoms with Crippen LogP contribution in [0.15, 0.2) is 0 Å². The van der Waals surface area contributed by atoms with E-state index >= 15 is 0 Å². The monoisotopic (exact) mass is 155 g/mol. The Labute approximate surface area is 68.4 Å². The Morgan fingerprint density at radius 1 is 1.55 bits per heavy atom. The third kappa shape index (κ3) is 2.03. The van der Waals surface area contributed by atoms with E-state index in [0.717, 1.165) is 12.8 Å². The predicted octanol–water partition coefficient (Wildman–Crippen LogP) is 1.21. The van der Waals surface area contributed by atoms with Crippen molar-refractivity contribution >= 4 is 6.29 Å². The van der Waals surface area contributed by atoms with Gasteiger partial charge in [-0.05, 0) is 31.2 Å². The highest BCUT2D eigenvalue weighted by Crippen LogP contribution is 2.23. The summed E-state index contributed by atoms with van der Waals surface area (Å²) in [6, 6.07) is 0.115. The van der Waals surface area contributed by atoms with Crippen LogP contribution in [0.4, 0.5) is 0 Å². The van der Waals surface area contributed by atoms with Gasteiger partial charge in [-0.25, -0.2) is 0 Å². The van der Waals surface area contributed by atoms with Crippen LogP contribution in [0, 0.1) is 11.8 Å². The molecule has 1 fully saturated rings. The summed E-state index contributed by atoms with van der Waals surface area (Å²) in [5, 5.41) is 3.23. The molecule has 1 rings (SSSR count). The molecular formula is C9H17NO. The zero-order valence-electron chi connectivity index (χ0n) is 7.34. The van der Waals surface area contributed by atoms with Gasteiger partial charge in [0.15, 0.2) is 0 Å². The maximum atomic E-state index is 10.6. The molecule has 2 nitrogen and oxygen atoms in total. The lowest BCUT2D eigenvalue weighted by atomic mass is 9.83. The molecule has 1 heterocycles. The van der Waals surface area contributed by atoms with Crippen molar-refractivity contribution in [3.63, 3.8) is 0 Å². The lowest BCUT2D eigenvalue weighted by molar-refractivity contribution is -0.111. The molecule has 0 spiro atoms. The highest BCUT2D eigenvalue weighted by atomic mass is 16.1. The fourth-order valence-corrected chi connectivity index (χ4v) is 1.83. The third-order valence-electron chi connectivity index (χ3n) is 2.56. The second-order valence-electron chi connectivity index (χ2n) is 3.67. The fraction of sp³-hybridized carbons (Fsp3) is 0.889. The van der Waals surface area contributed by atoms with E-state index in [4.69, 9.17) is 0 Å². The Balaban J connectivity index is 2.51. The van der Waals surface area contributed by atoms with E-state index in [1.54, 1.807) is 0 Å². The number of rotatable bonds is 2. The molecule has 1 saturated heterocycles. The maximum Gasteiger partial charge on any atom is 0.137 e. The van der Waals surface area contributed by atoms with Gasteiger partial charge in [0.2, 0.25) is 0 Å². The Morgan fingerprint density at radius 3 is 2.73 bits per heavy atom. The molecule has 2 atom stereocenters. The molecule has 0 saturated carbocycles. The number of aldehydes is 1. The van der Waals surface area contributed by atoms with Gasteiger partial charge in [0, 0.05) is 0 Å². The standard InChI is InChI=1S/C9H17NO/c1-7(2)8-4-3-5-10-9(8)6-11/h6-10H,3-5H2,1-2H3. The normalized spacial score (nSPS) is 32.3. The van der Waals surface area contributed by atoms with Crippen molar-refractivity contribution in [2.75, 3.05) is 6.54 Å². The highest BCUT2D eigenvalue weighted by molar-refractivity contribution is 5.58. The van der Waals surface area contributed by atoms with Crippen LogP contribution < -0.4 is 5.32 Å². The van der Waals surface area contributed by atoms with Crippen LogP contribution in [0.3, 0.4) is 0 Å². The lowest BCUT2D eigenvalue weighted by Crippen LogP contribution is -2.44. The maximum absolute atomic E-state index is 10.6. The summed E-state index contributed by atoms with van der Waals surface area (Å²) < 4.78 is 0. The topological polar surface area (TPSA) is 29.1 Å². The molecule has 1 aliphatic rings. The van der Waals surface area contributed by atoms with Crippen molar-refractivity contribution in [1.29, 1.82) is 0 Å². The van der Waals surface area contributed by atoms with Gasteiger partial charge in [-0.2, -0.15) is 0 Å². The molecule has 2 unspecified atom stereocenters. The average molecular weight is 155 g/mol. The van der Waals surface area contributed by atoms with Gasteiger partial charge in [-0.3, -0.25) is 0 Å².